The Kier molecular flexibility index (Phi) is 3.50. The van der Waals surface area contributed by atoms with Crippen LogP contribution in [-0.4, -0.2) is 36.5 Å². The zero-order valence-corrected chi connectivity index (χ0v) is 9.78. The lowest BCUT2D eigenvalue weighted by Crippen LogP contribution is -2.40. The van der Waals surface area contributed by atoms with Crippen LogP contribution in [0.5, 0.6) is 0 Å². The summed E-state index contributed by atoms with van der Waals surface area (Å²) in [4.78, 5) is 11.4. The zero-order chi connectivity index (χ0) is 11.6. The summed E-state index contributed by atoms with van der Waals surface area (Å²) < 4.78 is 11.0. The molecule has 4 nitrogen and oxygen atoms in total. The summed E-state index contributed by atoms with van der Waals surface area (Å²) in [6, 6.07) is 0. The summed E-state index contributed by atoms with van der Waals surface area (Å²) in [5, 5.41) is 9.40. The molecule has 92 valence electrons. The van der Waals surface area contributed by atoms with E-state index in [1.165, 1.54) is 0 Å². The normalized spacial score (nSPS) is 33.8. The summed E-state index contributed by atoms with van der Waals surface area (Å²) in [5.41, 5.74) is -0.604. The van der Waals surface area contributed by atoms with E-state index < -0.39 is 11.4 Å². The molecule has 16 heavy (non-hydrogen) atoms. The van der Waals surface area contributed by atoms with Gasteiger partial charge in [0.1, 0.15) is 0 Å². The number of hydrogen-bond donors (Lipinski definition) is 1. The van der Waals surface area contributed by atoms with Crippen LogP contribution in [0.3, 0.4) is 0 Å². The maximum Gasteiger partial charge on any atom is 0.309 e. The van der Waals surface area contributed by atoms with Crippen LogP contribution in [0.2, 0.25) is 0 Å². The van der Waals surface area contributed by atoms with E-state index in [-0.39, 0.29) is 12.2 Å². The lowest BCUT2D eigenvalue weighted by molar-refractivity contribution is -0.158. The van der Waals surface area contributed by atoms with Crippen molar-refractivity contribution in [2.45, 2.75) is 51.2 Å². The van der Waals surface area contributed by atoms with E-state index >= 15 is 0 Å². The van der Waals surface area contributed by atoms with Crippen molar-refractivity contribution >= 4 is 5.97 Å². The van der Waals surface area contributed by atoms with Gasteiger partial charge in [-0.25, -0.2) is 0 Å². The molecule has 2 saturated heterocycles. The van der Waals surface area contributed by atoms with Crippen molar-refractivity contribution in [2.75, 3.05) is 13.2 Å². The van der Waals surface area contributed by atoms with Gasteiger partial charge in [-0.2, -0.15) is 0 Å². The van der Waals surface area contributed by atoms with E-state index in [1.807, 2.05) is 0 Å². The Morgan fingerprint density at radius 1 is 1.38 bits per heavy atom. The molecular weight excluding hydrogens is 208 g/mol. The Balaban J connectivity index is 1.99. The lowest BCUT2D eigenvalue weighted by Gasteiger charge is -2.34. The van der Waals surface area contributed by atoms with Crippen molar-refractivity contribution < 1.29 is 19.4 Å². The third-order valence-corrected chi connectivity index (χ3v) is 3.84. The highest BCUT2D eigenvalue weighted by molar-refractivity contribution is 5.74. The van der Waals surface area contributed by atoms with Crippen molar-refractivity contribution in [3.8, 4) is 0 Å². The fraction of sp³-hybridized carbons (Fsp3) is 0.917. The quantitative estimate of drug-likeness (QED) is 0.800. The van der Waals surface area contributed by atoms with Gasteiger partial charge in [0.05, 0.1) is 17.6 Å². The Morgan fingerprint density at radius 3 is 2.56 bits per heavy atom. The Bertz CT molecular complexity index is 258. The highest BCUT2D eigenvalue weighted by Crippen LogP contribution is 2.39. The van der Waals surface area contributed by atoms with Crippen LogP contribution < -0.4 is 0 Å². The molecule has 0 bridgehead atoms. The molecule has 0 aromatic carbocycles. The predicted octanol–water partition coefficient (Wildman–Crippen LogP) is 1.83. The molecule has 1 N–H and O–H groups in total. The number of hydrogen-bond acceptors (Lipinski definition) is 3. The Morgan fingerprint density at radius 2 is 2.06 bits per heavy atom. The van der Waals surface area contributed by atoms with Gasteiger partial charge in [0, 0.05) is 13.2 Å². The van der Waals surface area contributed by atoms with E-state index in [4.69, 9.17) is 9.47 Å². The molecule has 2 unspecified atom stereocenters. The van der Waals surface area contributed by atoms with E-state index in [0.29, 0.717) is 32.5 Å². The molecule has 0 aromatic rings. The molecule has 2 atom stereocenters. The topological polar surface area (TPSA) is 55.8 Å². The Hall–Kier alpha value is -0.610. The van der Waals surface area contributed by atoms with Crippen molar-refractivity contribution in [3.05, 3.63) is 0 Å². The molecule has 2 aliphatic rings. The van der Waals surface area contributed by atoms with Crippen LogP contribution >= 0.6 is 0 Å². The van der Waals surface area contributed by atoms with Gasteiger partial charge < -0.3 is 14.6 Å². The fourth-order valence-corrected chi connectivity index (χ4v) is 2.74. The van der Waals surface area contributed by atoms with Gasteiger partial charge >= 0.3 is 5.97 Å². The van der Waals surface area contributed by atoms with Crippen LogP contribution in [0.15, 0.2) is 0 Å². The zero-order valence-electron chi connectivity index (χ0n) is 9.78. The molecule has 0 spiro atoms. The largest absolute Gasteiger partial charge is 0.481 e. The minimum absolute atomic E-state index is 0.129. The fourth-order valence-electron chi connectivity index (χ4n) is 2.74. The van der Waals surface area contributed by atoms with Crippen LogP contribution in [0, 0.1) is 5.41 Å². The molecule has 0 saturated carbocycles. The van der Waals surface area contributed by atoms with E-state index in [0.717, 1.165) is 12.8 Å². The second kappa shape index (κ2) is 4.72. The molecule has 2 aliphatic heterocycles. The van der Waals surface area contributed by atoms with E-state index in [1.54, 1.807) is 0 Å². The van der Waals surface area contributed by atoms with Gasteiger partial charge in [-0.3, -0.25) is 4.79 Å². The second-order valence-electron chi connectivity index (χ2n) is 5.05. The first kappa shape index (κ1) is 11.9. The number of ether oxygens (including phenoxy) is 2. The van der Waals surface area contributed by atoms with E-state index in [2.05, 4.69) is 6.92 Å². The molecule has 0 aliphatic carbocycles. The van der Waals surface area contributed by atoms with Crippen LogP contribution in [0.1, 0.15) is 39.0 Å². The Labute approximate surface area is 95.9 Å². The van der Waals surface area contributed by atoms with Crippen molar-refractivity contribution in [1.29, 1.82) is 0 Å². The highest BCUT2D eigenvalue weighted by Gasteiger charge is 2.43. The van der Waals surface area contributed by atoms with Gasteiger partial charge in [0.25, 0.3) is 0 Å². The van der Waals surface area contributed by atoms with Gasteiger partial charge in [0.2, 0.25) is 0 Å². The first-order chi connectivity index (χ1) is 7.62. The average Bonchev–Trinajstić information content (AvgIpc) is 2.65. The standard InChI is InChI=1S/C12H20O4/c1-9-2-3-10(16-9)8-12(11(13)14)4-6-15-7-5-12/h9-10H,2-8H2,1H3,(H,13,14). The first-order valence-electron chi connectivity index (χ1n) is 6.09. The third-order valence-electron chi connectivity index (χ3n) is 3.84. The molecule has 0 aromatic heterocycles. The summed E-state index contributed by atoms with van der Waals surface area (Å²) in [6.07, 6.45) is 4.36. The second-order valence-corrected chi connectivity index (χ2v) is 5.05. The van der Waals surface area contributed by atoms with Crippen molar-refractivity contribution in [1.82, 2.24) is 0 Å². The highest BCUT2D eigenvalue weighted by atomic mass is 16.5. The summed E-state index contributed by atoms with van der Waals surface area (Å²) in [7, 11) is 0. The maximum atomic E-state index is 11.4. The summed E-state index contributed by atoms with van der Waals surface area (Å²) in [6.45, 7) is 3.18. The van der Waals surface area contributed by atoms with Crippen molar-refractivity contribution in [2.24, 2.45) is 5.41 Å². The molecule has 4 heteroatoms. The molecule has 2 rings (SSSR count). The van der Waals surface area contributed by atoms with Gasteiger partial charge in [0.15, 0.2) is 0 Å². The number of aliphatic carboxylic acids is 1. The van der Waals surface area contributed by atoms with Crippen LogP contribution in [0.4, 0.5) is 0 Å². The SMILES string of the molecule is CC1CCC(CC2(C(=O)O)CCOCC2)O1. The summed E-state index contributed by atoms with van der Waals surface area (Å²) >= 11 is 0. The smallest absolute Gasteiger partial charge is 0.309 e. The summed E-state index contributed by atoms with van der Waals surface area (Å²) in [5.74, 6) is -0.682. The van der Waals surface area contributed by atoms with Crippen LogP contribution in [0.25, 0.3) is 0 Å². The average molecular weight is 228 g/mol. The molecule has 2 fully saturated rings. The maximum absolute atomic E-state index is 11.4. The molecule has 0 radical (unpaired) electrons. The van der Waals surface area contributed by atoms with Gasteiger partial charge in [-0.15, -0.1) is 0 Å². The molecule has 0 amide bonds. The minimum Gasteiger partial charge on any atom is -0.481 e. The lowest BCUT2D eigenvalue weighted by atomic mass is 9.75. The van der Waals surface area contributed by atoms with Crippen LogP contribution in [-0.2, 0) is 14.3 Å². The number of carboxylic acid groups (broad SMARTS) is 1. The first-order valence-corrected chi connectivity index (χ1v) is 6.09. The van der Waals surface area contributed by atoms with Gasteiger partial charge in [-0.1, -0.05) is 0 Å². The minimum atomic E-state index is -0.682. The monoisotopic (exact) mass is 228 g/mol. The molecular formula is C12H20O4. The number of carboxylic acids is 1. The number of rotatable bonds is 3. The predicted molar refractivity (Wildman–Crippen MR) is 58.3 cm³/mol. The molecule has 2 heterocycles. The number of carbonyl (C=O) groups is 1. The third kappa shape index (κ3) is 2.38. The van der Waals surface area contributed by atoms with Crippen molar-refractivity contribution in [3.63, 3.8) is 0 Å². The van der Waals surface area contributed by atoms with E-state index in [9.17, 15) is 9.90 Å². The van der Waals surface area contributed by atoms with Gasteiger partial charge in [-0.05, 0) is 39.0 Å².